The van der Waals surface area contributed by atoms with Gasteiger partial charge in [-0.3, -0.25) is 4.79 Å². The van der Waals surface area contributed by atoms with Gasteiger partial charge in [0.25, 0.3) is 0 Å². The van der Waals surface area contributed by atoms with E-state index in [-0.39, 0.29) is 11.5 Å². The first-order valence-corrected chi connectivity index (χ1v) is 9.17. The van der Waals surface area contributed by atoms with Crippen molar-refractivity contribution in [1.29, 1.82) is 0 Å². The first-order valence-electron chi connectivity index (χ1n) is 7.34. The number of aromatic nitrogens is 2. The summed E-state index contributed by atoms with van der Waals surface area (Å²) in [4.78, 5) is 22.5. The highest BCUT2D eigenvalue weighted by molar-refractivity contribution is 7.91. The quantitative estimate of drug-likeness (QED) is 0.742. The standard InChI is InChI=1S/C14H19N3O4S/c1-21-14(18)11-8-17(6-7-22(19,20)9-11)12-4-5-15-13(16-12)10-2-3-10/h4-5,10-11H,2-3,6-9H2,1H3/t11-/m0/s1. The smallest absolute Gasteiger partial charge is 0.311 e. The van der Waals surface area contributed by atoms with Gasteiger partial charge in [-0.25, -0.2) is 18.4 Å². The van der Waals surface area contributed by atoms with Crippen molar-refractivity contribution >= 4 is 21.6 Å². The number of rotatable bonds is 3. The molecule has 2 fully saturated rings. The van der Waals surface area contributed by atoms with E-state index in [1.54, 1.807) is 12.3 Å². The van der Waals surface area contributed by atoms with Crippen molar-refractivity contribution < 1.29 is 17.9 Å². The topological polar surface area (TPSA) is 89.5 Å². The zero-order chi connectivity index (χ0) is 15.7. The number of nitrogens with zero attached hydrogens (tertiary/aromatic N) is 3. The van der Waals surface area contributed by atoms with Crippen LogP contribution in [0.25, 0.3) is 0 Å². The molecule has 0 radical (unpaired) electrons. The van der Waals surface area contributed by atoms with Gasteiger partial charge >= 0.3 is 5.97 Å². The van der Waals surface area contributed by atoms with Crippen molar-refractivity contribution in [2.75, 3.05) is 36.6 Å². The molecule has 22 heavy (non-hydrogen) atoms. The van der Waals surface area contributed by atoms with E-state index in [4.69, 9.17) is 4.74 Å². The molecule has 0 N–H and O–H groups in total. The van der Waals surface area contributed by atoms with Crippen LogP contribution in [0.5, 0.6) is 0 Å². The molecule has 1 aliphatic carbocycles. The summed E-state index contributed by atoms with van der Waals surface area (Å²) in [7, 11) is -1.99. The maximum Gasteiger partial charge on any atom is 0.311 e. The molecule has 0 bridgehead atoms. The lowest BCUT2D eigenvalue weighted by atomic mass is 10.1. The van der Waals surface area contributed by atoms with Gasteiger partial charge in [0.05, 0.1) is 24.5 Å². The molecule has 1 aromatic heterocycles. The van der Waals surface area contributed by atoms with Crippen molar-refractivity contribution in [3.05, 3.63) is 18.1 Å². The van der Waals surface area contributed by atoms with Crippen LogP contribution >= 0.6 is 0 Å². The summed E-state index contributed by atoms with van der Waals surface area (Å²) in [5.74, 6) is 0.581. The Balaban J connectivity index is 1.85. The molecule has 7 nitrogen and oxygen atoms in total. The lowest BCUT2D eigenvalue weighted by Gasteiger charge is -2.23. The van der Waals surface area contributed by atoms with Crippen LogP contribution < -0.4 is 4.90 Å². The predicted octanol–water partition coefficient (Wildman–Crippen LogP) is 0.378. The number of carbonyl (C=O) groups excluding carboxylic acids is 1. The molecule has 0 aromatic carbocycles. The fraction of sp³-hybridized carbons (Fsp3) is 0.643. The van der Waals surface area contributed by atoms with E-state index >= 15 is 0 Å². The average molecular weight is 325 g/mol. The highest BCUT2D eigenvalue weighted by atomic mass is 32.2. The minimum absolute atomic E-state index is 0.0171. The van der Waals surface area contributed by atoms with Gasteiger partial charge in [0.15, 0.2) is 9.84 Å². The first kappa shape index (κ1) is 15.2. The van der Waals surface area contributed by atoms with E-state index in [2.05, 4.69) is 9.97 Å². The minimum Gasteiger partial charge on any atom is -0.469 e. The number of sulfone groups is 1. The maximum atomic E-state index is 12.0. The molecule has 0 spiro atoms. The largest absolute Gasteiger partial charge is 0.469 e. The van der Waals surface area contributed by atoms with Crippen molar-refractivity contribution in [3.8, 4) is 0 Å². The second kappa shape index (κ2) is 5.83. The van der Waals surface area contributed by atoms with Crippen molar-refractivity contribution in [3.63, 3.8) is 0 Å². The van der Waals surface area contributed by atoms with E-state index < -0.39 is 21.7 Å². The van der Waals surface area contributed by atoms with Gasteiger partial charge in [-0.2, -0.15) is 0 Å². The van der Waals surface area contributed by atoms with Crippen LogP contribution in [-0.2, 0) is 19.4 Å². The van der Waals surface area contributed by atoms with Gasteiger partial charge in [0.1, 0.15) is 11.6 Å². The molecule has 1 saturated carbocycles. The monoisotopic (exact) mass is 325 g/mol. The van der Waals surface area contributed by atoms with E-state index in [1.807, 2.05) is 4.90 Å². The maximum absolute atomic E-state index is 12.0. The molecule has 120 valence electrons. The summed E-state index contributed by atoms with van der Waals surface area (Å²) in [6.07, 6.45) is 3.90. The molecule has 8 heteroatoms. The lowest BCUT2D eigenvalue weighted by molar-refractivity contribution is -0.144. The Labute approximate surface area is 129 Å². The fourth-order valence-corrected chi connectivity index (χ4v) is 4.16. The summed E-state index contributed by atoms with van der Waals surface area (Å²) in [5.41, 5.74) is 0. The summed E-state index contributed by atoms with van der Waals surface area (Å²) >= 11 is 0. The Kier molecular flexibility index (Phi) is 4.03. The predicted molar refractivity (Wildman–Crippen MR) is 80.4 cm³/mol. The second-order valence-electron chi connectivity index (χ2n) is 5.83. The fourth-order valence-electron chi connectivity index (χ4n) is 2.64. The Morgan fingerprint density at radius 1 is 1.41 bits per heavy atom. The van der Waals surface area contributed by atoms with E-state index in [9.17, 15) is 13.2 Å². The molecule has 0 unspecified atom stereocenters. The lowest BCUT2D eigenvalue weighted by Crippen LogP contribution is -2.34. The molecule has 0 amide bonds. The van der Waals surface area contributed by atoms with Crippen molar-refractivity contribution in [2.45, 2.75) is 18.8 Å². The van der Waals surface area contributed by atoms with Gasteiger partial charge in [0, 0.05) is 25.2 Å². The zero-order valence-electron chi connectivity index (χ0n) is 12.4. The molecule has 1 atom stereocenters. The minimum atomic E-state index is -3.26. The third-order valence-electron chi connectivity index (χ3n) is 4.03. The molecule has 3 rings (SSSR count). The molecule has 2 heterocycles. The SMILES string of the molecule is COC(=O)[C@H]1CN(c2ccnc(C3CC3)n2)CCS(=O)(=O)C1. The summed E-state index contributed by atoms with van der Waals surface area (Å²) in [5, 5.41) is 0. The van der Waals surface area contributed by atoms with Crippen LogP contribution in [0.4, 0.5) is 5.82 Å². The van der Waals surface area contributed by atoms with Crippen LogP contribution in [0.2, 0.25) is 0 Å². The number of hydrogen-bond acceptors (Lipinski definition) is 7. The van der Waals surface area contributed by atoms with Gasteiger partial charge < -0.3 is 9.64 Å². The van der Waals surface area contributed by atoms with Crippen LogP contribution in [0.1, 0.15) is 24.6 Å². The van der Waals surface area contributed by atoms with E-state index in [1.165, 1.54) is 7.11 Å². The van der Waals surface area contributed by atoms with Gasteiger partial charge in [-0.1, -0.05) is 0 Å². The highest BCUT2D eigenvalue weighted by Gasteiger charge is 2.33. The number of carbonyl (C=O) groups is 1. The van der Waals surface area contributed by atoms with Crippen molar-refractivity contribution in [1.82, 2.24) is 9.97 Å². The Bertz CT molecular complexity index is 672. The Hall–Kier alpha value is -1.70. The number of ether oxygens (including phenoxy) is 1. The van der Waals surface area contributed by atoms with Crippen LogP contribution in [0.15, 0.2) is 12.3 Å². The molecule has 1 aromatic rings. The summed E-state index contributed by atoms with van der Waals surface area (Å²) in [6.45, 7) is 0.629. The molecule has 1 saturated heterocycles. The Morgan fingerprint density at radius 2 is 2.18 bits per heavy atom. The highest BCUT2D eigenvalue weighted by Crippen LogP contribution is 2.38. The zero-order valence-corrected chi connectivity index (χ0v) is 13.3. The van der Waals surface area contributed by atoms with Crippen LogP contribution in [0, 0.1) is 5.92 Å². The van der Waals surface area contributed by atoms with Gasteiger partial charge in [0.2, 0.25) is 0 Å². The third-order valence-corrected chi connectivity index (χ3v) is 5.74. The molecule has 1 aliphatic heterocycles. The van der Waals surface area contributed by atoms with Gasteiger partial charge in [-0.05, 0) is 18.9 Å². The summed E-state index contributed by atoms with van der Waals surface area (Å²) < 4.78 is 28.7. The molecule has 2 aliphatic rings. The number of methoxy groups -OCH3 is 1. The number of anilines is 1. The number of esters is 1. The average Bonchev–Trinajstić information content (AvgIpc) is 3.34. The molecular formula is C14H19N3O4S. The Morgan fingerprint density at radius 3 is 2.86 bits per heavy atom. The summed E-state index contributed by atoms with van der Waals surface area (Å²) in [6, 6.07) is 1.76. The van der Waals surface area contributed by atoms with Gasteiger partial charge in [-0.15, -0.1) is 0 Å². The second-order valence-corrected chi connectivity index (χ2v) is 8.06. The van der Waals surface area contributed by atoms with Crippen LogP contribution in [0.3, 0.4) is 0 Å². The molecular weight excluding hydrogens is 306 g/mol. The van der Waals surface area contributed by atoms with Crippen LogP contribution in [-0.4, -0.2) is 56.1 Å². The number of hydrogen-bond donors (Lipinski definition) is 0. The first-order chi connectivity index (χ1) is 10.5. The van der Waals surface area contributed by atoms with Crippen molar-refractivity contribution in [2.24, 2.45) is 5.92 Å². The third kappa shape index (κ3) is 3.37. The van der Waals surface area contributed by atoms with E-state index in [0.29, 0.717) is 24.8 Å². The normalized spacial score (nSPS) is 24.6. The van der Waals surface area contributed by atoms with E-state index in [0.717, 1.165) is 18.7 Å².